The maximum absolute atomic E-state index is 10.7. The first-order chi connectivity index (χ1) is 8.65. The van der Waals surface area contributed by atoms with E-state index in [1.807, 2.05) is 19.1 Å². The van der Waals surface area contributed by atoms with Crippen LogP contribution in [0, 0.1) is 6.92 Å². The average Bonchev–Trinajstić information content (AvgIpc) is 2.81. The summed E-state index contributed by atoms with van der Waals surface area (Å²) in [6.07, 6.45) is 1.98. The van der Waals surface area contributed by atoms with Crippen LogP contribution in [0.2, 0.25) is 0 Å². The van der Waals surface area contributed by atoms with Crippen LogP contribution >= 0.6 is 0 Å². The van der Waals surface area contributed by atoms with E-state index in [9.17, 15) is 4.79 Å². The molecule has 2 aromatic rings. The maximum atomic E-state index is 10.7. The lowest BCUT2D eigenvalue weighted by Crippen LogP contribution is -2.10. The summed E-state index contributed by atoms with van der Waals surface area (Å²) in [5.74, 6) is 0.316. The van der Waals surface area contributed by atoms with E-state index in [-0.39, 0.29) is 5.91 Å². The molecule has 1 aromatic heterocycles. The summed E-state index contributed by atoms with van der Waals surface area (Å²) in [7, 11) is 0. The molecule has 0 saturated heterocycles. The van der Waals surface area contributed by atoms with Crippen molar-refractivity contribution in [2.75, 3.05) is 0 Å². The number of carbonyl (C=O) groups excluding carboxylic acids is 1. The van der Waals surface area contributed by atoms with Gasteiger partial charge in [-0.05, 0) is 42.7 Å². The number of tetrazole rings is 1. The van der Waals surface area contributed by atoms with Gasteiger partial charge in [0.05, 0.1) is 0 Å². The summed E-state index contributed by atoms with van der Waals surface area (Å²) in [5.41, 5.74) is 8.33. The first-order valence-electron chi connectivity index (χ1n) is 5.78. The molecule has 0 atom stereocenters. The van der Waals surface area contributed by atoms with E-state index in [0.29, 0.717) is 12.2 Å². The summed E-state index contributed by atoms with van der Waals surface area (Å²) in [6, 6.07) is 6.10. The number of rotatable bonds is 5. The smallest absolute Gasteiger partial charge is 0.217 e. The molecule has 0 aliphatic heterocycles. The van der Waals surface area contributed by atoms with Crippen LogP contribution in [0.4, 0.5) is 0 Å². The molecule has 0 fully saturated rings. The minimum atomic E-state index is -0.263. The van der Waals surface area contributed by atoms with E-state index in [1.165, 1.54) is 0 Å². The lowest BCUT2D eigenvalue weighted by atomic mass is 10.0. The molecule has 18 heavy (non-hydrogen) atoms. The van der Waals surface area contributed by atoms with Crippen LogP contribution in [0.25, 0.3) is 11.4 Å². The summed E-state index contributed by atoms with van der Waals surface area (Å²) in [5, 5.41) is 13.9. The van der Waals surface area contributed by atoms with Crippen LogP contribution in [0.1, 0.15) is 24.0 Å². The molecule has 1 heterocycles. The number of hydrogen-bond acceptors (Lipinski definition) is 4. The zero-order valence-electron chi connectivity index (χ0n) is 10.2. The SMILES string of the molecule is Cc1cc(CCCC(N)=O)cc(-c2nn[nH]n2)c1. The van der Waals surface area contributed by atoms with E-state index >= 15 is 0 Å². The minimum Gasteiger partial charge on any atom is -0.370 e. The number of hydrogen-bond donors (Lipinski definition) is 2. The Labute approximate surface area is 105 Å². The number of nitrogens with zero attached hydrogens (tertiary/aromatic N) is 3. The fourth-order valence-electron chi connectivity index (χ4n) is 1.89. The van der Waals surface area contributed by atoms with Gasteiger partial charge in [0.2, 0.25) is 11.7 Å². The molecule has 2 rings (SSSR count). The number of aryl methyl sites for hydroxylation is 2. The third-order valence-electron chi connectivity index (χ3n) is 2.63. The maximum Gasteiger partial charge on any atom is 0.217 e. The molecule has 1 aromatic carbocycles. The largest absolute Gasteiger partial charge is 0.370 e. The van der Waals surface area contributed by atoms with Crippen molar-refractivity contribution < 1.29 is 4.79 Å². The molecular weight excluding hydrogens is 230 g/mol. The van der Waals surface area contributed by atoms with E-state index in [1.54, 1.807) is 0 Å². The number of benzene rings is 1. The van der Waals surface area contributed by atoms with Crippen molar-refractivity contribution in [3.05, 3.63) is 29.3 Å². The fraction of sp³-hybridized carbons (Fsp3) is 0.333. The lowest BCUT2D eigenvalue weighted by Gasteiger charge is -2.04. The predicted octanol–water partition coefficient (Wildman–Crippen LogP) is 0.983. The van der Waals surface area contributed by atoms with Crippen molar-refractivity contribution in [2.24, 2.45) is 5.73 Å². The van der Waals surface area contributed by atoms with Crippen molar-refractivity contribution in [2.45, 2.75) is 26.2 Å². The number of aromatic amines is 1. The molecule has 1 amide bonds. The zero-order chi connectivity index (χ0) is 13.0. The Morgan fingerprint density at radius 3 is 2.89 bits per heavy atom. The van der Waals surface area contributed by atoms with E-state index in [2.05, 4.69) is 26.7 Å². The Morgan fingerprint density at radius 2 is 2.22 bits per heavy atom. The van der Waals surface area contributed by atoms with Crippen LogP contribution in [-0.2, 0) is 11.2 Å². The van der Waals surface area contributed by atoms with Crippen molar-refractivity contribution in [3.8, 4) is 11.4 Å². The van der Waals surface area contributed by atoms with Crippen molar-refractivity contribution in [1.82, 2.24) is 20.6 Å². The molecule has 0 saturated carbocycles. The molecular formula is C12H15N5O. The third-order valence-corrected chi connectivity index (χ3v) is 2.63. The second-order valence-electron chi connectivity index (χ2n) is 4.26. The van der Waals surface area contributed by atoms with Gasteiger partial charge in [-0.25, -0.2) is 0 Å². The number of nitrogens with one attached hydrogen (secondary N) is 1. The summed E-state index contributed by atoms with van der Waals surface area (Å²) in [6.45, 7) is 2.02. The van der Waals surface area contributed by atoms with E-state index < -0.39 is 0 Å². The summed E-state index contributed by atoms with van der Waals surface area (Å²) in [4.78, 5) is 10.7. The number of aromatic nitrogens is 4. The number of H-pyrrole nitrogens is 1. The van der Waals surface area contributed by atoms with Crippen LogP contribution in [0.15, 0.2) is 18.2 Å². The van der Waals surface area contributed by atoms with Gasteiger partial charge in [0.15, 0.2) is 0 Å². The summed E-state index contributed by atoms with van der Waals surface area (Å²) < 4.78 is 0. The third kappa shape index (κ3) is 3.13. The highest BCUT2D eigenvalue weighted by Crippen LogP contribution is 2.19. The molecule has 0 bridgehead atoms. The van der Waals surface area contributed by atoms with Gasteiger partial charge >= 0.3 is 0 Å². The topological polar surface area (TPSA) is 97.5 Å². The first-order valence-corrected chi connectivity index (χ1v) is 5.78. The lowest BCUT2D eigenvalue weighted by molar-refractivity contribution is -0.118. The Balaban J connectivity index is 2.14. The van der Waals surface area contributed by atoms with E-state index in [0.717, 1.165) is 29.5 Å². The van der Waals surface area contributed by atoms with Crippen LogP contribution in [0.5, 0.6) is 0 Å². The van der Waals surface area contributed by atoms with Gasteiger partial charge in [-0.15, -0.1) is 10.2 Å². The highest BCUT2D eigenvalue weighted by Gasteiger charge is 2.06. The second kappa shape index (κ2) is 5.39. The van der Waals surface area contributed by atoms with Gasteiger partial charge in [0, 0.05) is 12.0 Å². The Kier molecular flexibility index (Phi) is 3.66. The zero-order valence-corrected chi connectivity index (χ0v) is 10.2. The molecule has 6 nitrogen and oxygen atoms in total. The van der Waals surface area contributed by atoms with Crippen LogP contribution in [-0.4, -0.2) is 26.5 Å². The Morgan fingerprint density at radius 1 is 1.39 bits per heavy atom. The number of nitrogens with two attached hydrogens (primary N) is 1. The average molecular weight is 245 g/mol. The molecule has 0 spiro atoms. The second-order valence-corrected chi connectivity index (χ2v) is 4.26. The van der Waals surface area contributed by atoms with Gasteiger partial charge in [-0.3, -0.25) is 4.79 Å². The molecule has 0 aliphatic carbocycles. The van der Waals surface area contributed by atoms with Crippen LogP contribution in [0.3, 0.4) is 0 Å². The summed E-state index contributed by atoms with van der Waals surface area (Å²) >= 11 is 0. The molecule has 94 valence electrons. The molecule has 0 radical (unpaired) electrons. The van der Waals surface area contributed by atoms with Crippen molar-refractivity contribution in [3.63, 3.8) is 0 Å². The molecule has 3 N–H and O–H groups in total. The Hall–Kier alpha value is -2.24. The van der Waals surface area contributed by atoms with Gasteiger partial charge < -0.3 is 5.73 Å². The van der Waals surface area contributed by atoms with Gasteiger partial charge in [0.1, 0.15) is 0 Å². The normalized spacial score (nSPS) is 10.5. The fourth-order valence-corrected chi connectivity index (χ4v) is 1.89. The van der Waals surface area contributed by atoms with Crippen molar-refractivity contribution >= 4 is 5.91 Å². The molecule has 0 aliphatic rings. The van der Waals surface area contributed by atoms with E-state index in [4.69, 9.17) is 5.73 Å². The molecule has 0 unspecified atom stereocenters. The molecule has 6 heteroatoms. The first kappa shape index (κ1) is 12.2. The van der Waals surface area contributed by atoms with Crippen LogP contribution < -0.4 is 5.73 Å². The number of carbonyl (C=O) groups is 1. The predicted molar refractivity (Wildman–Crippen MR) is 66.5 cm³/mol. The Bertz CT molecular complexity index is 535. The quantitative estimate of drug-likeness (QED) is 0.820. The van der Waals surface area contributed by atoms with Gasteiger partial charge in [-0.2, -0.15) is 5.21 Å². The van der Waals surface area contributed by atoms with Crippen molar-refractivity contribution in [1.29, 1.82) is 0 Å². The van der Waals surface area contributed by atoms with Gasteiger partial charge in [-0.1, -0.05) is 11.6 Å². The number of amides is 1. The number of primary amides is 1. The standard InChI is InChI=1S/C12H15N5O/c1-8-5-9(3-2-4-11(13)18)7-10(6-8)12-14-16-17-15-12/h5-7H,2-4H2,1H3,(H2,13,18)(H,14,15,16,17). The highest BCUT2D eigenvalue weighted by atomic mass is 16.1. The highest BCUT2D eigenvalue weighted by molar-refractivity contribution is 5.73. The monoisotopic (exact) mass is 245 g/mol. The minimum absolute atomic E-state index is 0.263. The van der Waals surface area contributed by atoms with Gasteiger partial charge in [0.25, 0.3) is 0 Å².